The number of hydrogen-bond donors (Lipinski definition) is 1. The smallest absolute Gasteiger partial charge is 0.259 e. The third kappa shape index (κ3) is 3.15. The van der Waals surface area contributed by atoms with Crippen molar-refractivity contribution in [1.82, 2.24) is 10.2 Å². The predicted octanol–water partition coefficient (Wildman–Crippen LogP) is 4.00. The molecule has 0 saturated carbocycles. The number of aryl methyl sites for hydroxylation is 1. The molecule has 0 spiro atoms. The van der Waals surface area contributed by atoms with Crippen molar-refractivity contribution < 1.29 is 4.79 Å². The molecule has 19 heavy (non-hydrogen) atoms. The number of hydrogen-bond acceptors (Lipinski definition) is 3. The summed E-state index contributed by atoms with van der Waals surface area (Å²) < 4.78 is 0. The second-order valence-corrected chi connectivity index (χ2v) is 4.89. The molecule has 0 aliphatic heterocycles. The first-order valence-corrected chi connectivity index (χ1v) is 6.37. The highest BCUT2D eigenvalue weighted by Gasteiger charge is 2.15. The molecular formula is C12H8Cl3N3O. The fraction of sp³-hybridized carbons (Fsp3) is 0.0833. The maximum absolute atomic E-state index is 12.1. The molecule has 0 aliphatic rings. The molecule has 0 aliphatic carbocycles. The third-order valence-corrected chi connectivity index (χ3v) is 3.37. The van der Waals surface area contributed by atoms with Crippen molar-refractivity contribution >= 4 is 46.4 Å². The zero-order valence-electron chi connectivity index (χ0n) is 9.75. The molecule has 2 aromatic rings. The van der Waals surface area contributed by atoms with Crippen LogP contribution in [0.5, 0.6) is 0 Å². The van der Waals surface area contributed by atoms with Gasteiger partial charge in [-0.15, -0.1) is 10.2 Å². The van der Waals surface area contributed by atoms with Gasteiger partial charge in [0.25, 0.3) is 5.91 Å². The standard InChI is InChI=1S/C12H8Cl3N3O/c1-6-3-2-4-8(10(6)14)16-12(19)7-5-9(13)17-18-11(7)15/h2-5H,1H3,(H,16,19). The fourth-order valence-corrected chi connectivity index (χ4v) is 1.94. The van der Waals surface area contributed by atoms with E-state index < -0.39 is 5.91 Å². The van der Waals surface area contributed by atoms with Gasteiger partial charge in [-0.1, -0.05) is 46.9 Å². The van der Waals surface area contributed by atoms with Crippen molar-refractivity contribution in [3.05, 3.63) is 50.7 Å². The number of nitrogens with one attached hydrogen (secondary N) is 1. The van der Waals surface area contributed by atoms with Gasteiger partial charge in [0, 0.05) is 0 Å². The van der Waals surface area contributed by atoms with Gasteiger partial charge >= 0.3 is 0 Å². The first-order valence-electron chi connectivity index (χ1n) is 5.24. The third-order valence-electron chi connectivity index (χ3n) is 2.40. The Morgan fingerprint density at radius 1 is 1.21 bits per heavy atom. The molecule has 2 rings (SSSR count). The molecule has 0 radical (unpaired) electrons. The Morgan fingerprint density at radius 2 is 1.95 bits per heavy atom. The molecule has 0 saturated heterocycles. The Labute approximate surface area is 124 Å². The lowest BCUT2D eigenvalue weighted by molar-refractivity contribution is 0.102. The molecule has 7 heteroatoms. The molecule has 4 nitrogen and oxygen atoms in total. The number of amides is 1. The highest BCUT2D eigenvalue weighted by Crippen LogP contribution is 2.26. The van der Waals surface area contributed by atoms with Crippen LogP contribution in [0.25, 0.3) is 0 Å². The van der Waals surface area contributed by atoms with Gasteiger partial charge in [-0.2, -0.15) is 0 Å². The Balaban J connectivity index is 2.31. The van der Waals surface area contributed by atoms with Crippen LogP contribution in [-0.2, 0) is 0 Å². The van der Waals surface area contributed by atoms with Crippen molar-refractivity contribution in [1.29, 1.82) is 0 Å². The first kappa shape index (κ1) is 14.1. The zero-order chi connectivity index (χ0) is 14.0. The average molecular weight is 317 g/mol. The Morgan fingerprint density at radius 3 is 2.68 bits per heavy atom. The molecule has 1 N–H and O–H groups in total. The van der Waals surface area contributed by atoms with Crippen molar-refractivity contribution in [2.24, 2.45) is 0 Å². The monoisotopic (exact) mass is 315 g/mol. The van der Waals surface area contributed by atoms with Crippen molar-refractivity contribution in [3.8, 4) is 0 Å². The molecule has 0 bridgehead atoms. The highest BCUT2D eigenvalue weighted by atomic mass is 35.5. The molecule has 0 atom stereocenters. The summed E-state index contributed by atoms with van der Waals surface area (Å²) in [6.45, 7) is 1.84. The minimum absolute atomic E-state index is 0.0225. The molecule has 0 unspecified atom stereocenters. The first-order chi connectivity index (χ1) is 8.99. The number of carbonyl (C=O) groups excluding carboxylic acids is 1. The lowest BCUT2D eigenvalue weighted by Gasteiger charge is -2.09. The summed E-state index contributed by atoms with van der Waals surface area (Å²) in [5.74, 6) is -0.450. The Kier molecular flexibility index (Phi) is 4.24. The van der Waals surface area contributed by atoms with Gasteiger partial charge in [-0.3, -0.25) is 4.79 Å². The van der Waals surface area contributed by atoms with Gasteiger partial charge in [-0.25, -0.2) is 0 Å². The van der Waals surface area contributed by atoms with E-state index in [1.54, 1.807) is 12.1 Å². The molecular weight excluding hydrogens is 309 g/mol. The van der Waals surface area contributed by atoms with Crippen LogP contribution in [0.4, 0.5) is 5.69 Å². The van der Waals surface area contributed by atoms with Crippen molar-refractivity contribution in [2.75, 3.05) is 5.32 Å². The topological polar surface area (TPSA) is 54.9 Å². The maximum atomic E-state index is 12.1. The summed E-state index contributed by atoms with van der Waals surface area (Å²) in [6, 6.07) is 6.67. The second-order valence-electron chi connectivity index (χ2n) is 3.76. The van der Waals surface area contributed by atoms with Crippen LogP contribution in [0, 0.1) is 6.92 Å². The highest BCUT2D eigenvalue weighted by molar-refractivity contribution is 6.36. The summed E-state index contributed by atoms with van der Waals surface area (Å²) in [5, 5.41) is 10.3. The summed E-state index contributed by atoms with van der Waals surface area (Å²) in [5.41, 5.74) is 1.49. The summed E-state index contributed by atoms with van der Waals surface area (Å²) in [7, 11) is 0. The zero-order valence-corrected chi connectivity index (χ0v) is 12.0. The largest absolute Gasteiger partial charge is 0.321 e. The van der Waals surface area contributed by atoms with Crippen LogP contribution in [0.2, 0.25) is 15.3 Å². The van der Waals surface area contributed by atoms with Crippen LogP contribution in [0.3, 0.4) is 0 Å². The van der Waals surface area contributed by atoms with E-state index in [2.05, 4.69) is 15.5 Å². The van der Waals surface area contributed by atoms with Gasteiger partial charge in [-0.05, 0) is 24.6 Å². The lowest BCUT2D eigenvalue weighted by Crippen LogP contribution is -2.14. The van der Waals surface area contributed by atoms with E-state index in [1.807, 2.05) is 13.0 Å². The Bertz CT molecular complexity index is 646. The van der Waals surface area contributed by atoms with Crippen molar-refractivity contribution in [2.45, 2.75) is 6.92 Å². The van der Waals surface area contributed by atoms with E-state index in [4.69, 9.17) is 34.8 Å². The van der Waals surface area contributed by atoms with E-state index in [9.17, 15) is 4.79 Å². The second kappa shape index (κ2) is 5.74. The molecule has 0 fully saturated rings. The quantitative estimate of drug-likeness (QED) is 0.911. The van der Waals surface area contributed by atoms with Crippen LogP contribution < -0.4 is 5.32 Å². The van der Waals surface area contributed by atoms with E-state index in [0.717, 1.165) is 5.56 Å². The number of nitrogens with zero attached hydrogens (tertiary/aromatic N) is 2. The molecule has 1 aromatic heterocycles. The number of aromatic nitrogens is 2. The minimum atomic E-state index is -0.450. The summed E-state index contributed by atoms with van der Waals surface area (Å²) in [6.07, 6.45) is 0. The lowest BCUT2D eigenvalue weighted by atomic mass is 10.2. The fourth-order valence-electron chi connectivity index (χ4n) is 1.45. The molecule has 1 amide bonds. The van der Waals surface area contributed by atoms with Crippen molar-refractivity contribution in [3.63, 3.8) is 0 Å². The number of rotatable bonds is 2. The Hall–Kier alpha value is -1.36. The van der Waals surface area contributed by atoms with Crippen LogP contribution in [-0.4, -0.2) is 16.1 Å². The predicted molar refractivity (Wildman–Crippen MR) is 76.2 cm³/mol. The van der Waals surface area contributed by atoms with Gasteiger partial charge in [0.05, 0.1) is 16.3 Å². The van der Waals surface area contributed by atoms with Gasteiger partial charge in [0.1, 0.15) is 0 Å². The van der Waals surface area contributed by atoms with Crippen LogP contribution in [0.15, 0.2) is 24.3 Å². The van der Waals surface area contributed by atoms with E-state index >= 15 is 0 Å². The molecule has 1 heterocycles. The van der Waals surface area contributed by atoms with Crippen LogP contribution >= 0.6 is 34.8 Å². The number of anilines is 1. The SMILES string of the molecule is Cc1cccc(NC(=O)c2cc(Cl)nnc2Cl)c1Cl. The average Bonchev–Trinajstić information content (AvgIpc) is 2.38. The summed E-state index contributed by atoms with van der Waals surface area (Å²) in [4.78, 5) is 12.1. The maximum Gasteiger partial charge on any atom is 0.259 e. The number of carbonyl (C=O) groups is 1. The van der Waals surface area contributed by atoms with Gasteiger partial charge in [0.15, 0.2) is 10.3 Å². The van der Waals surface area contributed by atoms with Crippen LogP contribution in [0.1, 0.15) is 15.9 Å². The minimum Gasteiger partial charge on any atom is -0.321 e. The molecule has 98 valence electrons. The molecule has 1 aromatic carbocycles. The van der Waals surface area contributed by atoms with Gasteiger partial charge < -0.3 is 5.32 Å². The van der Waals surface area contributed by atoms with E-state index in [1.165, 1.54) is 6.07 Å². The normalized spacial score (nSPS) is 10.3. The van der Waals surface area contributed by atoms with Gasteiger partial charge in [0.2, 0.25) is 0 Å². The van der Waals surface area contributed by atoms with E-state index in [0.29, 0.717) is 10.7 Å². The number of halogens is 3. The summed E-state index contributed by atoms with van der Waals surface area (Å²) >= 11 is 17.6. The van der Waals surface area contributed by atoms with E-state index in [-0.39, 0.29) is 15.9 Å². The number of benzene rings is 1.